The van der Waals surface area contributed by atoms with E-state index in [2.05, 4.69) is 66.5 Å². The van der Waals surface area contributed by atoms with Gasteiger partial charge in [0.1, 0.15) is 0 Å². The molecule has 0 saturated heterocycles. The van der Waals surface area contributed by atoms with E-state index in [1.54, 1.807) is 0 Å². The molecule has 0 aliphatic rings. The summed E-state index contributed by atoms with van der Waals surface area (Å²) < 4.78 is 2.65. The summed E-state index contributed by atoms with van der Waals surface area (Å²) in [4.78, 5) is 0. The summed E-state index contributed by atoms with van der Waals surface area (Å²) >= 11 is 5.47. The lowest BCUT2D eigenvalue weighted by molar-refractivity contribution is 0.950. The Hall–Kier alpha value is -2.20. The van der Waals surface area contributed by atoms with Crippen molar-refractivity contribution in [2.75, 3.05) is 0 Å². The highest BCUT2D eigenvalue weighted by atomic mass is 32.1. The van der Waals surface area contributed by atoms with Crippen molar-refractivity contribution in [1.82, 2.24) is 14.8 Å². The van der Waals surface area contributed by atoms with Crippen LogP contribution in [-0.4, -0.2) is 14.8 Å². The molecule has 4 heteroatoms. The molecule has 0 atom stereocenters. The van der Waals surface area contributed by atoms with Crippen molar-refractivity contribution in [3.8, 4) is 5.69 Å². The van der Waals surface area contributed by atoms with E-state index in [9.17, 15) is 0 Å². The number of benzene rings is 2. The Kier molecular flexibility index (Phi) is 4.20. The van der Waals surface area contributed by atoms with Crippen molar-refractivity contribution in [2.24, 2.45) is 0 Å². The fraction of sp³-hybridized carbons (Fsp3) is 0.222. The van der Waals surface area contributed by atoms with Crippen molar-refractivity contribution in [3.63, 3.8) is 0 Å². The van der Waals surface area contributed by atoms with Gasteiger partial charge in [-0.25, -0.2) is 0 Å². The number of fused-ring (bicyclic) bond motifs is 1. The van der Waals surface area contributed by atoms with Crippen LogP contribution in [0.25, 0.3) is 22.0 Å². The number of unbranched alkanes of at least 4 members (excludes halogenated alkanes) is 1. The Morgan fingerprint density at radius 1 is 1.23 bits per heavy atom. The molecular weight excluding hydrogens is 290 g/mol. The third-order valence-electron chi connectivity index (χ3n) is 3.77. The number of aromatic nitrogens is 3. The SMILES string of the molecule is CCC/C=C(\C)c1n[nH]c(=S)n1-c1cccc2ccccc12. The average Bonchev–Trinajstić information content (AvgIpc) is 2.93. The molecule has 3 rings (SSSR count). The fourth-order valence-corrected chi connectivity index (χ4v) is 2.87. The van der Waals surface area contributed by atoms with Crippen LogP contribution in [0, 0.1) is 4.77 Å². The second-order valence-corrected chi connectivity index (χ2v) is 5.75. The number of aromatic amines is 1. The molecular formula is C18H19N3S. The van der Waals surface area contributed by atoms with Crippen LogP contribution in [0.15, 0.2) is 48.5 Å². The largest absolute Gasteiger partial charge is 0.268 e. The molecule has 0 saturated carbocycles. The zero-order valence-corrected chi connectivity index (χ0v) is 13.7. The first-order valence-corrected chi connectivity index (χ1v) is 7.96. The summed E-state index contributed by atoms with van der Waals surface area (Å²) in [6.07, 6.45) is 4.38. The molecule has 22 heavy (non-hydrogen) atoms. The molecule has 0 spiro atoms. The molecule has 2 aromatic carbocycles. The molecule has 0 fully saturated rings. The van der Waals surface area contributed by atoms with Gasteiger partial charge in [0.15, 0.2) is 10.6 Å². The number of hydrogen-bond donors (Lipinski definition) is 1. The van der Waals surface area contributed by atoms with E-state index in [1.807, 2.05) is 10.6 Å². The van der Waals surface area contributed by atoms with Gasteiger partial charge in [0, 0.05) is 5.39 Å². The Bertz CT molecular complexity index is 881. The molecule has 1 heterocycles. The van der Waals surface area contributed by atoms with Gasteiger partial charge in [0.25, 0.3) is 0 Å². The lowest BCUT2D eigenvalue weighted by atomic mass is 10.1. The van der Waals surface area contributed by atoms with Gasteiger partial charge in [-0.3, -0.25) is 9.67 Å². The Morgan fingerprint density at radius 2 is 2.00 bits per heavy atom. The Labute approximate surface area is 135 Å². The molecule has 112 valence electrons. The second kappa shape index (κ2) is 6.28. The highest BCUT2D eigenvalue weighted by Crippen LogP contribution is 2.25. The highest BCUT2D eigenvalue weighted by Gasteiger charge is 2.12. The molecule has 3 aromatic rings. The number of H-pyrrole nitrogens is 1. The van der Waals surface area contributed by atoms with E-state index in [0.717, 1.165) is 29.9 Å². The minimum absolute atomic E-state index is 0.621. The third-order valence-corrected chi connectivity index (χ3v) is 4.05. The second-order valence-electron chi connectivity index (χ2n) is 5.36. The predicted molar refractivity (Wildman–Crippen MR) is 94.8 cm³/mol. The van der Waals surface area contributed by atoms with Crippen molar-refractivity contribution >= 4 is 28.6 Å². The molecule has 0 unspecified atom stereocenters. The minimum Gasteiger partial charge on any atom is -0.268 e. The molecule has 0 bridgehead atoms. The van der Waals surface area contributed by atoms with Crippen molar-refractivity contribution in [1.29, 1.82) is 0 Å². The molecule has 3 nitrogen and oxygen atoms in total. The van der Waals surface area contributed by atoms with Crippen LogP contribution in [0.3, 0.4) is 0 Å². The first-order valence-electron chi connectivity index (χ1n) is 7.55. The van der Waals surface area contributed by atoms with Crippen LogP contribution in [0.2, 0.25) is 0 Å². The van der Waals surface area contributed by atoms with Gasteiger partial charge in [-0.1, -0.05) is 55.8 Å². The van der Waals surface area contributed by atoms with E-state index in [0.29, 0.717) is 4.77 Å². The quantitative estimate of drug-likeness (QED) is 0.665. The van der Waals surface area contributed by atoms with E-state index < -0.39 is 0 Å². The molecule has 0 aliphatic carbocycles. The summed E-state index contributed by atoms with van der Waals surface area (Å²) in [5.74, 6) is 0.884. The molecule has 1 aromatic heterocycles. The highest BCUT2D eigenvalue weighted by molar-refractivity contribution is 7.71. The lowest BCUT2D eigenvalue weighted by Gasteiger charge is -2.10. The molecule has 0 amide bonds. The Balaban J connectivity index is 2.24. The van der Waals surface area contributed by atoms with E-state index in [4.69, 9.17) is 12.2 Å². The minimum atomic E-state index is 0.621. The van der Waals surface area contributed by atoms with Crippen LogP contribution < -0.4 is 0 Å². The van der Waals surface area contributed by atoms with E-state index in [-0.39, 0.29) is 0 Å². The number of nitrogens with one attached hydrogen (secondary N) is 1. The van der Waals surface area contributed by atoms with Crippen molar-refractivity contribution in [3.05, 3.63) is 59.1 Å². The predicted octanol–water partition coefficient (Wildman–Crippen LogP) is 5.29. The summed E-state index contributed by atoms with van der Waals surface area (Å²) in [5, 5.41) is 9.73. The first kappa shape index (κ1) is 14.7. The topological polar surface area (TPSA) is 33.6 Å². The van der Waals surface area contributed by atoms with Crippen LogP contribution in [0.5, 0.6) is 0 Å². The number of hydrogen-bond acceptors (Lipinski definition) is 2. The van der Waals surface area contributed by atoms with Gasteiger partial charge < -0.3 is 0 Å². The number of rotatable bonds is 4. The summed E-state index contributed by atoms with van der Waals surface area (Å²) in [7, 11) is 0. The van der Waals surface area contributed by atoms with Crippen molar-refractivity contribution < 1.29 is 0 Å². The molecule has 1 N–H and O–H groups in total. The third kappa shape index (κ3) is 2.62. The maximum atomic E-state index is 5.47. The standard InChI is InChI=1S/C18H19N3S/c1-3-4-8-13(2)17-19-20-18(22)21(17)16-12-7-10-14-9-5-6-11-15(14)16/h5-12H,3-4H2,1-2H3,(H,20,22)/b13-8+. The zero-order chi connectivity index (χ0) is 15.5. The maximum Gasteiger partial charge on any atom is 0.200 e. The number of allylic oxidation sites excluding steroid dienone is 2. The van der Waals surface area contributed by atoms with Crippen LogP contribution in [0.4, 0.5) is 0 Å². The average molecular weight is 309 g/mol. The van der Waals surface area contributed by atoms with Gasteiger partial charge in [0.2, 0.25) is 0 Å². The smallest absolute Gasteiger partial charge is 0.200 e. The summed E-state index contributed by atoms with van der Waals surface area (Å²) in [6.45, 7) is 4.26. The van der Waals surface area contributed by atoms with E-state index >= 15 is 0 Å². The van der Waals surface area contributed by atoms with E-state index in [1.165, 1.54) is 10.8 Å². The van der Waals surface area contributed by atoms with Crippen LogP contribution in [-0.2, 0) is 0 Å². The van der Waals surface area contributed by atoms with Gasteiger partial charge in [0.05, 0.1) is 5.69 Å². The number of nitrogens with zero attached hydrogens (tertiary/aromatic N) is 2. The van der Waals surface area contributed by atoms with Crippen LogP contribution in [0.1, 0.15) is 32.5 Å². The normalized spacial score (nSPS) is 12.0. The lowest BCUT2D eigenvalue weighted by Crippen LogP contribution is -2.01. The molecule has 0 aliphatic heterocycles. The monoisotopic (exact) mass is 309 g/mol. The summed E-state index contributed by atoms with van der Waals surface area (Å²) in [6, 6.07) is 14.6. The van der Waals surface area contributed by atoms with Crippen LogP contribution >= 0.6 is 12.2 Å². The van der Waals surface area contributed by atoms with Gasteiger partial charge in [-0.15, -0.1) is 0 Å². The van der Waals surface area contributed by atoms with Crippen molar-refractivity contribution in [2.45, 2.75) is 26.7 Å². The summed E-state index contributed by atoms with van der Waals surface area (Å²) in [5.41, 5.74) is 2.21. The van der Waals surface area contributed by atoms with Gasteiger partial charge in [-0.2, -0.15) is 5.10 Å². The first-order chi connectivity index (χ1) is 10.7. The van der Waals surface area contributed by atoms with Gasteiger partial charge in [-0.05, 0) is 42.6 Å². The fourth-order valence-electron chi connectivity index (χ4n) is 2.64. The molecule has 0 radical (unpaired) electrons. The maximum absolute atomic E-state index is 5.47. The zero-order valence-electron chi connectivity index (χ0n) is 12.8. The Morgan fingerprint density at radius 3 is 2.82 bits per heavy atom. The van der Waals surface area contributed by atoms with Gasteiger partial charge >= 0.3 is 0 Å².